The van der Waals surface area contributed by atoms with E-state index in [-0.39, 0.29) is 11.3 Å². The van der Waals surface area contributed by atoms with Crippen LogP contribution in [0.1, 0.15) is 22.5 Å². The summed E-state index contributed by atoms with van der Waals surface area (Å²) in [4.78, 5) is 8.49. The van der Waals surface area contributed by atoms with Crippen LogP contribution in [0.4, 0.5) is 10.1 Å². The predicted octanol–water partition coefficient (Wildman–Crippen LogP) is 5.01. The Hall–Kier alpha value is -3.48. The van der Waals surface area contributed by atoms with Gasteiger partial charge in [0.25, 0.3) is 0 Å². The van der Waals surface area contributed by atoms with Crippen molar-refractivity contribution in [3.05, 3.63) is 101 Å². The van der Waals surface area contributed by atoms with Crippen molar-refractivity contribution in [3.63, 3.8) is 0 Å². The van der Waals surface area contributed by atoms with Crippen molar-refractivity contribution in [1.29, 1.82) is 0 Å². The number of nitrogens with zero attached hydrogens (tertiary/aromatic N) is 3. The highest BCUT2D eigenvalue weighted by Crippen LogP contribution is 2.30. The topological polar surface area (TPSA) is 80.5 Å². The fourth-order valence-electron chi connectivity index (χ4n) is 3.01. The first-order chi connectivity index (χ1) is 14.4. The fraction of sp³-hybridized carbons (Fsp3) is 0.0435. The maximum Gasteiger partial charge on any atom is 0.132 e. The Balaban J connectivity index is 2.19. The van der Waals surface area contributed by atoms with Crippen molar-refractivity contribution in [3.8, 4) is 0 Å². The summed E-state index contributed by atoms with van der Waals surface area (Å²) in [6, 6.07) is 17.2. The summed E-state index contributed by atoms with van der Waals surface area (Å²) >= 11 is 6.07. The van der Waals surface area contributed by atoms with Crippen LogP contribution in [0.25, 0.3) is 17.5 Å². The molecule has 4 N–H and O–H groups in total. The average molecular weight is 422 g/mol. The Kier molecular flexibility index (Phi) is 6.61. The third kappa shape index (κ3) is 4.56. The zero-order chi connectivity index (χ0) is 21.7. The van der Waals surface area contributed by atoms with Gasteiger partial charge in [-0.05, 0) is 48.7 Å². The molecule has 0 atom stereocenters. The second-order valence-corrected chi connectivity index (χ2v) is 6.90. The molecule has 7 heteroatoms. The molecule has 0 amide bonds. The van der Waals surface area contributed by atoms with E-state index in [4.69, 9.17) is 23.2 Å². The van der Waals surface area contributed by atoms with Crippen molar-refractivity contribution < 1.29 is 4.39 Å². The van der Waals surface area contributed by atoms with Crippen LogP contribution in [0.5, 0.6) is 0 Å². The number of hydrogen-bond acceptors (Lipinski definition) is 5. The Morgan fingerprint density at radius 2 is 1.90 bits per heavy atom. The molecule has 0 unspecified atom stereocenters. The van der Waals surface area contributed by atoms with Crippen LogP contribution in [-0.2, 0) is 6.54 Å². The summed E-state index contributed by atoms with van der Waals surface area (Å²) in [6.07, 6.45) is 1.55. The number of benzene rings is 2. The highest BCUT2D eigenvalue weighted by molar-refractivity contribution is 6.30. The molecule has 2 aromatic carbocycles. The summed E-state index contributed by atoms with van der Waals surface area (Å²) < 4.78 is 14.6. The summed E-state index contributed by atoms with van der Waals surface area (Å²) in [7, 11) is 0. The number of rotatable bonds is 7. The van der Waals surface area contributed by atoms with Gasteiger partial charge in [-0.3, -0.25) is 4.99 Å². The van der Waals surface area contributed by atoms with Crippen LogP contribution in [0.15, 0.2) is 72.2 Å². The van der Waals surface area contributed by atoms with Crippen LogP contribution in [0, 0.1) is 5.82 Å². The molecule has 152 valence electrons. The molecular weight excluding hydrogens is 401 g/mol. The number of aromatic nitrogens is 1. The molecule has 5 nitrogen and oxygen atoms in total. The van der Waals surface area contributed by atoms with Crippen LogP contribution in [-0.4, -0.2) is 16.7 Å². The molecule has 30 heavy (non-hydrogen) atoms. The number of aliphatic imine (C=N–C) groups is 1. The van der Waals surface area contributed by atoms with Crippen LogP contribution >= 0.6 is 11.6 Å². The summed E-state index contributed by atoms with van der Waals surface area (Å²) in [5, 5.41) is 1.78. The summed E-state index contributed by atoms with van der Waals surface area (Å²) in [6.45, 7) is 7.62. The van der Waals surface area contributed by atoms with Crippen molar-refractivity contribution >= 4 is 41.5 Å². The van der Waals surface area contributed by atoms with Crippen LogP contribution in [0.2, 0.25) is 5.02 Å². The van der Waals surface area contributed by atoms with Gasteiger partial charge in [-0.15, -0.1) is 0 Å². The molecule has 0 radical (unpaired) electrons. The zero-order valence-corrected chi connectivity index (χ0v) is 17.0. The molecule has 0 bridgehead atoms. The van der Waals surface area contributed by atoms with E-state index in [9.17, 15) is 4.39 Å². The first kappa shape index (κ1) is 21.2. The van der Waals surface area contributed by atoms with Gasteiger partial charge in [0.2, 0.25) is 0 Å². The van der Waals surface area contributed by atoms with Crippen LogP contribution in [0.3, 0.4) is 0 Å². The van der Waals surface area contributed by atoms with E-state index in [1.165, 1.54) is 23.2 Å². The Labute approximate surface area is 179 Å². The van der Waals surface area contributed by atoms with Gasteiger partial charge in [-0.2, -0.15) is 0 Å². The number of nitrogens with two attached hydrogens (primary N) is 2. The Bertz CT molecular complexity index is 1110. The Morgan fingerprint density at radius 3 is 2.57 bits per heavy atom. The third-order valence-electron chi connectivity index (χ3n) is 4.47. The van der Waals surface area contributed by atoms with E-state index < -0.39 is 5.82 Å². The van der Waals surface area contributed by atoms with E-state index in [2.05, 4.69) is 23.3 Å². The normalized spacial score (nSPS) is 11.6. The first-order valence-corrected chi connectivity index (χ1v) is 9.44. The second-order valence-electron chi connectivity index (χ2n) is 6.46. The lowest BCUT2D eigenvalue weighted by Gasteiger charge is -2.24. The number of pyridine rings is 1. The van der Waals surface area contributed by atoms with Gasteiger partial charge >= 0.3 is 0 Å². The number of hydrogen-bond donors (Lipinski definition) is 2. The largest absolute Gasteiger partial charge is 0.396 e. The minimum absolute atomic E-state index is 0.107. The van der Waals surface area contributed by atoms with E-state index in [1.54, 1.807) is 18.2 Å². The molecule has 0 aliphatic heterocycles. The van der Waals surface area contributed by atoms with Crippen molar-refractivity contribution in [2.45, 2.75) is 6.54 Å². The predicted molar refractivity (Wildman–Crippen MR) is 122 cm³/mol. The van der Waals surface area contributed by atoms with E-state index in [1.807, 2.05) is 30.3 Å². The van der Waals surface area contributed by atoms with Gasteiger partial charge in [0.1, 0.15) is 11.5 Å². The third-order valence-corrected chi connectivity index (χ3v) is 4.70. The smallest absolute Gasteiger partial charge is 0.132 e. The monoisotopic (exact) mass is 421 g/mol. The molecule has 0 spiro atoms. The van der Waals surface area contributed by atoms with Gasteiger partial charge in [0.05, 0.1) is 29.3 Å². The first-order valence-electron chi connectivity index (χ1n) is 9.06. The summed E-state index contributed by atoms with van der Waals surface area (Å²) in [5.74, 6) is 5.89. The maximum absolute atomic E-state index is 14.6. The van der Waals surface area contributed by atoms with Crippen molar-refractivity contribution in [2.75, 3.05) is 0 Å². The lowest BCUT2D eigenvalue weighted by atomic mass is 10.1. The Morgan fingerprint density at radius 1 is 1.17 bits per heavy atom. The number of halogens is 2. The summed E-state index contributed by atoms with van der Waals surface area (Å²) in [5.41, 5.74) is 9.46. The minimum atomic E-state index is -0.518. The van der Waals surface area contributed by atoms with Crippen molar-refractivity contribution in [2.24, 2.45) is 16.6 Å². The molecule has 3 aromatic rings. The molecule has 0 saturated heterocycles. The standard InChI is InChI=1S/C23H21ClFN5/c1-3-19-20(28-2)11-12-21(29-19)23(30(27)14-15-7-5-4-6-8-15)22(26)17-13-16(24)9-10-18(17)25/h3-13H,1-2,14,26-27H2/b23-22-. The van der Waals surface area contributed by atoms with Crippen molar-refractivity contribution in [1.82, 2.24) is 9.99 Å². The van der Waals surface area contributed by atoms with Gasteiger partial charge < -0.3 is 10.7 Å². The van der Waals surface area contributed by atoms with E-state index >= 15 is 0 Å². The zero-order valence-electron chi connectivity index (χ0n) is 16.2. The van der Waals surface area contributed by atoms with E-state index in [0.29, 0.717) is 34.3 Å². The van der Waals surface area contributed by atoms with E-state index in [0.717, 1.165) is 5.56 Å². The van der Waals surface area contributed by atoms with Gasteiger partial charge in [-0.25, -0.2) is 15.2 Å². The molecule has 1 heterocycles. The molecule has 0 fully saturated rings. The highest BCUT2D eigenvalue weighted by Gasteiger charge is 2.19. The second kappa shape index (κ2) is 9.35. The lowest BCUT2D eigenvalue weighted by Crippen LogP contribution is -2.31. The number of hydrazine groups is 1. The molecule has 0 aliphatic rings. The van der Waals surface area contributed by atoms with Gasteiger partial charge in [0.15, 0.2) is 0 Å². The minimum Gasteiger partial charge on any atom is -0.396 e. The SMILES string of the molecule is C=Cc1nc(/C(=C(/N)c2cc(Cl)ccc2F)N(N)Cc2ccccc2)ccc1N=C. The van der Waals surface area contributed by atoms with Gasteiger partial charge in [0, 0.05) is 10.6 Å². The quantitative estimate of drug-likeness (QED) is 0.319. The fourth-order valence-corrected chi connectivity index (χ4v) is 3.19. The van der Waals surface area contributed by atoms with Crippen LogP contribution < -0.4 is 11.6 Å². The molecule has 0 aliphatic carbocycles. The molecule has 0 saturated carbocycles. The molecular formula is C23H21ClFN5. The lowest BCUT2D eigenvalue weighted by molar-refractivity contribution is 0.409. The molecule has 3 rings (SSSR count). The maximum atomic E-state index is 14.6. The van der Waals surface area contributed by atoms with Gasteiger partial charge in [-0.1, -0.05) is 48.5 Å². The average Bonchev–Trinajstić information content (AvgIpc) is 2.76. The highest BCUT2D eigenvalue weighted by atomic mass is 35.5. The molecule has 1 aromatic heterocycles.